The predicted octanol–water partition coefficient (Wildman–Crippen LogP) is 1.44. The van der Waals surface area contributed by atoms with Gasteiger partial charge in [-0.1, -0.05) is 0 Å². The molecule has 0 aliphatic rings. The van der Waals surface area contributed by atoms with Gasteiger partial charge in [0.1, 0.15) is 12.5 Å². The van der Waals surface area contributed by atoms with Crippen LogP contribution in [0.1, 0.15) is 25.0 Å². The molecule has 0 aromatic carbocycles. The maximum atomic E-state index is 13.1. The lowest BCUT2D eigenvalue weighted by Crippen LogP contribution is -2.58. The van der Waals surface area contributed by atoms with Crippen LogP contribution in [-0.2, 0) is 27.5 Å². The van der Waals surface area contributed by atoms with Crippen molar-refractivity contribution in [2.24, 2.45) is 0 Å². The van der Waals surface area contributed by atoms with E-state index in [0.29, 0.717) is 19.2 Å². The van der Waals surface area contributed by atoms with Gasteiger partial charge in [0.2, 0.25) is 6.41 Å². The molecule has 3 amide bonds. The van der Waals surface area contributed by atoms with E-state index >= 15 is 0 Å². The van der Waals surface area contributed by atoms with Crippen molar-refractivity contribution in [3.63, 3.8) is 0 Å². The van der Waals surface area contributed by atoms with Crippen LogP contribution in [0.4, 0.5) is 4.79 Å². The first-order valence-electron chi connectivity index (χ1n) is 10.3. The molecule has 10 nitrogen and oxygen atoms in total. The molecule has 10 heteroatoms. The molecule has 2 rings (SSSR count). The van der Waals surface area contributed by atoms with E-state index in [4.69, 9.17) is 4.84 Å². The van der Waals surface area contributed by atoms with Crippen LogP contribution in [0, 0.1) is 0 Å². The number of aromatic nitrogens is 2. The molecule has 1 N–H and O–H groups in total. The van der Waals surface area contributed by atoms with Crippen molar-refractivity contribution in [1.29, 1.82) is 0 Å². The zero-order valence-corrected chi connectivity index (χ0v) is 18.6. The van der Waals surface area contributed by atoms with E-state index in [2.05, 4.69) is 15.3 Å². The summed E-state index contributed by atoms with van der Waals surface area (Å²) in [5, 5.41) is 3.94. The van der Waals surface area contributed by atoms with Crippen molar-refractivity contribution >= 4 is 18.7 Å². The number of urea groups is 1. The summed E-state index contributed by atoms with van der Waals surface area (Å²) in [5.41, 5.74) is 1.89. The number of pyridine rings is 2. The number of carbonyl (C=O) groups excluding carboxylic acids is 3. The van der Waals surface area contributed by atoms with Crippen molar-refractivity contribution in [3.8, 4) is 0 Å². The zero-order valence-electron chi connectivity index (χ0n) is 18.6. The Bertz CT molecular complexity index is 837. The molecule has 0 saturated carbocycles. The lowest BCUT2D eigenvalue weighted by molar-refractivity contribution is -0.204. The highest BCUT2D eigenvalue weighted by molar-refractivity contribution is 5.74. The molecule has 2 aromatic heterocycles. The lowest BCUT2D eigenvalue weighted by atomic mass is 10.2. The van der Waals surface area contributed by atoms with Gasteiger partial charge in [0.05, 0.1) is 12.6 Å². The van der Waals surface area contributed by atoms with Gasteiger partial charge in [-0.25, -0.2) is 4.79 Å². The smallest absolute Gasteiger partial charge is 0.332 e. The van der Waals surface area contributed by atoms with Gasteiger partial charge in [-0.3, -0.25) is 24.5 Å². The third-order valence-electron chi connectivity index (χ3n) is 4.47. The second-order valence-corrected chi connectivity index (χ2v) is 7.50. The zero-order chi connectivity index (χ0) is 23.3. The number of hydrogen-bond acceptors (Lipinski definition) is 7. The first-order valence-corrected chi connectivity index (χ1v) is 10.3. The van der Waals surface area contributed by atoms with E-state index < -0.39 is 12.2 Å². The van der Waals surface area contributed by atoms with Crippen LogP contribution in [-0.4, -0.2) is 76.0 Å². The number of nitrogens with one attached hydrogen (secondary N) is 1. The van der Waals surface area contributed by atoms with E-state index in [-0.39, 0.29) is 25.7 Å². The van der Waals surface area contributed by atoms with E-state index in [0.717, 1.165) is 16.2 Å². The maximum absolute atomic E-state index is 13.1. The summed E-state index contributed by atoms with van der Waals surface area (Å²) in [4.78, 5) is 53.0. The Hall–Kier alpha value is -3.37. The van der Waals surface area contributed by atoms with Gasteiger partial charge in [0, 0.05) is 44.4 Å². The molecule has 32 heavy (non-hydrogen) atoms. The van der Waals surface area contributed by atoms with Crippen molar-refractivity contribution in [2.45, 2.75) is 39.2 Å². The van der Waals surface area contributed by atoms with Gasteiger partial charge in [-0.15, -0.1) is 0 Å². The molecule has 0 aliphatic heterocycles. The van der Waals surface area contributed by atoms with Crippen molar-refractivity contribution in [2.75, 3.05) is 20.1 Å². The van der Waals surface area contributed by atoms with Crippen molar-refractivity contribution in [3.05, 3.63) is 60.2 Å². The van der Waals surface area contributed by atoms with Crippen LogP contribution < -0.4 is 5.32 Å². The number of hydroxylamine groups is 2. The van der Waals surface area contributed by atoms with Gasteiger partial charge < -0.3 is 15.0 Å². The van der Waals surface area contributed by atoms with Gasteiger partial charge in [0.25, 0.3) is 0 Å². The Balaban J connectivity index is 2.21. The molecular formula is C22H30N6O4. The van der Waals surface area contributed by atoms with E-state index in [1.54, 1.807) is 50.8 Å². The highest BCUT2D eigenvalue weighted by atomic mass is 16.7. The first kappa shape index (κ1) is 24.9. The van der Waals surface area contributed by atoms with Gasteiger partial charge in [-0.2, -0.15) is 5.06 Å². The molecule has 0 aliphatic carbocycles. The molecule has 0 bridgehead atoms. The molecule has 2 heterocycles. The minimum absolute atomic E-state index is 0.174. The highest BCUT2D eigenvalue weighted by Crippen LogP contribution is 2.13. The molecule has 1 atom stereocenters. The molecule has 1 unspecified atom stereocenters. The maximum Gasteiger partial charge on any atom is 0.343 e. The number of carbonyl (C=O) groups is 3. The Kier molecular flexibility index (Phi) is 10.2. The predicted molar refractivity (Wildman–Crippen MR) is 118 cm³/mol. The normalized spacial score (nSPS) is 11.8. The van der Waals surface area contributed by atoms with Crippen LogP contribution >= 0.6 is 0 Å². The highest BCUT2D eigenvalue weighted by Gasteiger charge is 2.31. The summed E-state index contributed by atoms with van der Waals surface area (Å²) in [6, 6.07) is 6.84. The third-order valence-corrected chi connectivity index (χ3v) is 4.47. The summed E-state index contributed by atoms with van der Waals surface area (Å²) in [6.07, 6.45) is 6.68. The molecule has 0 spiro atoms. The Morgan fingerprint density at radius 1 is 1.06 bits per heavy atom. The summed E-state index contributed by atoms with van der Waals surface area (Å²) >= 11 is 0. The number of amides is 3. The summed E-state index contributed by atoms with van der Waals surface area (Å²) in [5.74, 6) is 0. The number of rotatable bonds is 13. The number of likely N-dealkylation sites (N-methyl/N-ethyl adjacent to an activating group) is 1. The second kappa shape index (κ2) is 13.1. The van der Waals surface area contributed by atoms with Crippen LogP contribution in [0.5, 0.6) is 0 Å². The second-order valence-electron chi connectivity index (χ2n) is 7.50. The average molecular weight is 443 g/mol. The monoisotopic (exact) mass is 442 g/mol. The molecule has 0 radical (unpaired) electrons. The molecule has 2 aromatic rings. The quantitative estimate of drug-likeness (QED) is 0.284. The van der Waals surface area contributed by atoms with Crippen molar-refractivity contribution < 1.29 is 19.2 Å². The molecule has 0 fully saturated rings. The van der Waals surface area contributed by atoms with Gasteiger partial charge in [0.15, 0.2) is 0 Å². The Morgan fingerprint density at radius 3 is 2.19 bits per heavy atom. The fraction of sp³-hybridized carbons (Fsp3) is 0.409. The van der Waals surface area contributed by atoms with Crippen LogP contribution in [0.3, 0.4) is 0 Å². The SMILES string of the molecule is CC(C)ON(C(=O)NCc1ccncc1)C(CN(C)Cc1ccncc1)N(C=O)CC=O. The minimum Gasteiger partial charge on any atom is -0.332 e. The minimum atomic E-state index is -0.829. The largest absolute Gasteiger partial charge is 0.343 e. The van der Waals surface area contributed by atoms with E-state index in [9.17, 15) is 14.4 Å². The molecule has 0 saturated heterocycles. The Morgan fingerprint density at radius 2 is 1.66 bits per heavy atom. The number of aldehydes is 1. The van der Waals surface area contributed by atoms with Crippen LogP contribution in [0.25, 0.3) is 0 Å². The van der Waals surface area contributed by atoms with Crippen LogP contribution in [0.15, 0.2) is 49.1 Å². The topological polar surface area (TPSA) is 108 Å². The third kappa shape index (κ3) is 8.05. The number of hydrogen-bond donors (Lipinski definition) is 1. The Labute approximate surface area is 188 Å². The fourth-order valence-electron chi connectivity index (χ4n) is 3.01. The van der Waals surface area contributed by atoms with E-state index in [1.807, 2.05) is 24.1 Å². The number of nitrogens with zero attached hydrogens (tertiary/aromatic N) is 5. The standard InChI is InChI=1S/C22H30N6O4/c1-18(2)32-28(22(31)25-14-19-4-8-23-9-5-19)21(27(17-30)12-13-29)16-26(3)15-20-6-10-24-11-7-20/h4-11,13,17-18,21H,12,14-16H2,1-3H3,(H,25,31). The summed E-state index contributed by atoms with van der Waals surface area (Å²) in [6.45, 7) is 4.46. The van der Waals surface area contributed by atoms with Crippen LogP contribution in [0.2, 0.25) is 0 Å². The van der Waals surface area contributed by atoms with Gasteiger partial charge in [-0.05, 0) is 56.3 Å². The summed E-state index contributed by atoms with van der Waals surface area (Å²) in [7, 11) is 1.86. The van der Waals surface area contributed by atoms with Gasteiger partial charge >= 0.3 is 6.03 Å². The average Bonchev–Trinajstić information content (AvgIpc) is 2.79. The van der Waals surface area contributed by atoms with Crippen molar-refractivity contribution in [1.82, 2.24) is 30.1 Å². The lowest BCUT2D eigenvalue weighted by Gasteiger charge is -2.38. The molecular weight excluding hydrogens is 412 g/mol. The fourth-order valence-corrected chi connectivity index (χ4v) is 3.01. The van der Waals surface area contributed by atoms with E-state index in [1.165, 1.54) is 4.90 Å². The summed E-state index contributed by atoms with van der Waals surface area (Å²) < 4.78 is 0. The first-order chi connectivity index (χ1) is 15.4. The molecule has 172 valence electrons.